The smallest absolute Gasteiger partial charge is 0.414 e. The second kappa shape index (κ2) is 10.1. The predicted octanol–water partition coefficient (Wildman–Crippen LogP) is 3.27. The second-order valence-electron chi connectivity index (χ2n) is 9.36. The molecule has 0 bridgehead atoms. The molecule has 0 unspecified atom stereocenters. The minimum Gasteiger partial charge on any atom is -0.481 e. The van der Waals surface area contributed by atoms with Crippen LogP contribution in [0.3, 0.4) is 0 Å². The van der Waals surface area contributed by atoms with Crippen LogP contribution in [0.4, 0.5) is 21.9 Å². The lowest BCUT2D eigenvalue weighted by Crippen LogP contribution is -2.35. The molecule has 0 saturated carbocycles. The summed E-state index contributed by atoms with van der Waals surface area (Å²) in [6, 6.07) is 11.8. The van der Waals surface area contributed by atoms with Crippen LogP contribution >= 0.6 is 11.8 Å². The van der Waals surface area contributed by atoms with Crippen LogP contribution in [0.25, 0.3) is 11.0 Å². The van der Waals surface area contributed by atoms with Crippen LogP contribution in [0.2, 0.25) is 0 Å². The first-order valence-corrected chi connectivity index (χ1v) is 13.4. The molecule has 10 nitrogen and oxygen atoms in total. The summed E-state index contributed by atoms with van der Waals surface area (Å²) in [6.45, 7) is 3.04. The van der Waals surface area contributed by atoms with Crippen LogP contribution in [-0.4, -0.2) is 73.2 Å². The van der Waals surface area contributed by atoms with E-state index in [1.807, 2.05) is 42.6 Å². The van der Waals surface area contributed by atoms with Crippen molar-refractivity contribution in [3.05, 3.63) is 42.6 Å². The van der Waals surface area contributed by atoms with Crippen LogP contribution in [0.1, 0.15) is 12.8 Å². The minimum atomic E-state index is -0.348. The zero-order chi connectivity index (χ0) is 25.4. The topological polar surface area (TPSA) is 109 Å². The van der Waals surface area contributed by atoms with E-state index in [1.165, 1.54) is 11.8 Å². The van der Waals surface area contributed by atoms with Crippen molar-refractivity contribution in [3.63, 3.8) is 0 Å². The lowest BCUT2D eigenvalue weighted by atomic mass is 10.2. The molecule has 2 aromatic heterocycles. The molecule has 0 aliphatic carbocycles. The summed E-state index contributed by atoms with van der Waals surface area (Å²) < 4.78 is 10.9. The highest BCUT2D eigenvalue weighted by Gasteiger charge is 2.33. The number of rotatable bonds is 7. The van der Waals surface area contributed by atoms with Gasteiger partial charge in [-0.25, -0.2) is 9.78 Å². The van der Waals surface area contributed by atoms with Gasteiger partial charge in [-0.1, -0.05) is 0 Å². The van der Waals surface area contributed by atoms with Crippen molar-refractivity contribution in [1.29, 1.82) is 0 Å². The van der Waals surface area contributed by atoms with Crippen LogP contribution in [-0.2, 0) is 9.53 Å². The molecule has 0 radical (unpaired) electrons. The Morgan fingerprint density at radius 3 is 3.03 bits per heavy atom. The monoisotopic (exact) mass is 520 g/mol. The van der Waals surface area contributed by atoms with Gasteiger partial charge in [-0.05, 0) is 49.7 Å². The molecule has 2 N–H and O–H groups in total. The molecule has 1 aromatic carbocycles. The normalized spacial score (nSPS) is 21.2. The molecule has 3 aliphatic heterocycles. The van der Waals surface area contributed by atoms with E-state index in [9.17, 15) is 9.59 Å². The summed E-state index contributed by atoms with van der Waals surface area (Å²) in [5.41, 5.74) is 4.25. The Morgan fingerprint density at radius 1 is 1.22 bits per heavy atom. The van der Waals surface area contributed by atoms with Crippen LogP contribution < -0.4 is 25.2 Å². The number of pyridine rings is 2. The van der Waals surface area contributed by atoms with Gasteiger partial charge in [0.1, 0.15) is 11.6 Å². The first kappa shape index (κ1) is 23.8. The van der Waals surface area contributed by atoms with E-state index < -0.39 is 0 Å². The van der Waals surface area contributed by atoms with Gasteiger partial charge in [-0.2, -0.15) is 0 Å². The third-order valence-corrected chi connectivity index (χ3v) is 8.03. The third-order valence-electron chi connectivity index (χ3n) is 6.96. The zero-order valence-electron chi connectivity index (χ0n) is 20.5. The highest BCUT2D eigenvalue weighted by molar-refractivity contribution is 8.00. The molecule has 2 amide bonds. The first-order chi connectivity index (χ1) is 18.1. The van der Waals surface area contributed by atoms with E-state index in [0.717, 1.165) is 65.5 Å². The lowest BCUT2D eigenvalue weighted by molar-refractivity contribution is -0.113. The van der Waals surface area contributed by atoms with Crippen LogP contribution in [0.5, 0.6) is 5.88 Å². The number of nitrogens with zero attached hydrogens (tertiary/aromatic N) is 4. The molecule has 192 valence electrons. The van der Waals surface area contributed by atoms with E-state index in [2.05, 4.69) is 25.5 Å². The number of carbonyl (C=O) groups excluding carboxylic acids is 2. The maximum absolute atomic E-state index is 12.6. The van der Waals surface area contributed by atoms with Crippen molar-refractivity contribution < 1.29 is 19.1 Å². The first-order valence-electron chi connectivity index (χ1n) is 12.4. The van der Waals surface area contributed by atoms with Crippen molar-refractivity contribution in [3.8, 4) is 5.88 Å². The van der Waals surface area contributed by atoms with Crippen molar-refractivity contribution in [1.82, 2.24) is 15.3 Å². The number of cyclic esters (lactones) is 1. The Bertz CT molecular complexity index is 1350. The van der Waals surface area contributed by atoms with Gasteiger partial charge in [0.2, 0.25) is 11.8 Å². The van der Waals surface area contributed by atoms with Gasteiger partial charge >= 0.3 is 6.09 Å². The van der Waals surface area contributed by atoms with Gasteiger partial charge < -0.3 is 25.0 Å². The van der Waals surface area contributed by atoms with Crippen LogP contribution in [0, 0.1) is 0 Å². The molecule has 3 aromatic rings. The number of methoxy groups -OCH3 is 1. The summed E-state index contributed by atoms with van der Waals surface area (Å²) in [7, 11) is 1.62. The lowest BCUT2D eigenvalue weighted by Gasteiger charge is -2.21. The average Bonchev–Trinajstić information content (AvgIpc) is 3.54. The van der Waals surface area contributed by atoms with Crippen molar-refractivity contribution in [2.24, 2.45) is 0 Å². The van der Waals surface area contributed by atoms with Gasteiger partial charge in [-0.15, -0.1) is 11.8 Å². The molecule has 2 fully saturated rings. The molecule has 37 heavy (non-hydrogen) atoms. The molecular weight excluding hydrogens is 492 g/mol. The summed E-state index contributed by atoms with van der Waals surface area (Å²) in [5.74, 6) is 0.965. The van der Waals surface area contributed by atoms with E-state index >= 15 is 0 Å². The third kappa shape index (κ3) is 4.88. The van der Waals surface area contributed by atoms with E-state index in [-0.39, 0.29) is 18.1 Å². The van der Waals surface area contributed by atoms with E-state index in [1.54, 1.807) is 12.0 Å². The number of carbonyl (C=O) groups is 2. The molecule has 6 rings (SSSR count). The summed E-state index contributed by atoms with van der Waals surface area (Å²) in [6.07, 6.45) is 3.04. The van der Waals surface area contributed by atoms with Crippen LogP contribution in [0.15, 0.2) is 47.5 Å². The van der Waals surface area contributed by atoms with Gasteiger partial charge in [0.05, 0.1) is 36.3 Å². The Balaban J connectivity index is 1.03. The summed E-state index contributed by atoms with van der Waals surface area (Å²) in [4.78, 5) is 38.3. The number of anilines is 3. The highest BCUT2D eigenvalue weighted by Crippen LogP contribution is 2.35. The fraction of sp³-hybridized carbons (Fsp3) is 0.385. The average molecular weight is 521 g/mol. The number of aromatic nitrogens is 2. The minimum absolute atomic E-state index is 0.0267. The van der Waals surface area contributed by atoms with E-state index in [4.69, 9.17) is 9.47 Å². The number of nitrogens with one attached hydrogen (secondary N) is 2. The standard InChI is InChI=1S/C26H28N6O4S/c1-35-24-5-3-19-25(30-24)21(7-10-28-19)31-11-8-16(13-31)27-9-6-18-14-32(26(34)36-18)17-2-4-22-20(12-17)29-23(33)15-37-22/h2-5,7,10,12,16,18,27H,6,8-9,11,13-15H2,1H3,(H,29,33)/t16-,18+/m0/s1. The number of thioether (sulfide) groups is 1. The largest absolute Gasteiger partial charge is 0.481 e. The molecule has 2 saturated heterocycles. The number of fused-ring (bicyclic) bond motifs is 2. The highest BCUT2D eigenvalue weighted by atomic mass is 32.2. The second-order valence-corrected chi connectivity index (χ2v) is 10.4. The summed E-state index contributed by atoms with van der Waals surface area (Å²) >= 11 is 1.50. The number of amides is 2. The number of benzene rings is 1. The number of ether oxygens (including phenoxy) is 2. The van der Waals surface area contributed by atoms with Gasteiger partial charge in [0.15, 0.2) is 0 Å². The Hall–Kier alpha value is -3.57. The van der Waals surface area contributed by atoms with Gasteiger partial charge in [-0.3, -0.25) is 14.7 Å². The maximum atomic E-state index is 12.6. The SMILES string of the molecule is COc1ccc2nccc(N3CC[C@H](NCC[C@@H]4CN(c5ccc6c(c5)NC(=O)CS6)C(=O)O4)C3)c2n1. The Labute approximate surface area is 218 Å². The fourth-order valence-electron chi connectivity index (χ4n) is 5.08. The quantitative estimate of drug-likeness (QED) is 0.485. The molecule has 5 heterocycles. The molecule has 0 spiro atoms. The number of hydrogen-bond acceptors (Lipinski definition) is 9. The van der Waals surface area contributed by atoms with Crippen molar-refractivity contribution in [2.75, 3.05) is 54.2 Å². The molecular formula is C26H28N6O4S. The Morgan fingerprint density at radius 2 is 2.14 bits per heavy atom. The fourth-order valence-corrected chi connectivity index (χ4v) is 5.87. The number of hydrogen-bond donors (Lipinski definition) is 2. The van der Waals surface area contributed by atoms with Gasteiger partial charge in [0, 0.05) is 42.0 Å². The summed E-state index contributed by atoms with van der Waals surface area (Å²) in [5, 5.41) is 6.51. The van der Waals surface area contributed by atoms with Gasteiger partial charge in [0.25, 0.3) is 0 Å². The van der Waals surface area contributed by atoms with E-state index in [0.29, 0.717) is 24.2 Å². The molecule has 11 heteroatoms. The van der Waals surface area contributed by atoms with Crippen molar-refractivity contribution in [2.45, 2.75) is 29.9 Å². The molecule has 3 aliphatic rings. The molecule has 2 atom stereocenters. The predicted molar refractivity (Wildman–Crippen MR) is 143 cm³/mol. The Kier molecular flexibility index (Phi) is 6.47. The zero-order valence-corrected chi connectivity index (χ0v) is 21.3. The van der Waals surface area contributed by atoms with Crippen molar-refractivity contribution >= 4 is 51.9 Å². The maximum Gasteiger partial charge on any atom is 0.414 e.